The highest BCUT2D eigenvalue weighted by Crippen LogP contribution is 2.23. The monoisotopic (exact) mass is 262 g/mol. The molecule has 2 rings (SSSR count). The quantitative estimate of drug-likeness (QED) is 0.900. The standard InChI is InChI=1S/C15H26N4/c1-12(2)11-18-7-9-19(10-8-18)15-14(13(3)16)5-4-6-17-15/h4-6,12-13H,7-11,16H2,1-3H3/t13-/m1/s1. The van der Waals surface area contributed by atoms with Crippen molar-refractivity contribution in [1.82, 2.24) is 9.88 Å². The maximum Gasteiger partial charge on any atom is 0.133 e. The van der Waals surface area contributed by atoms with Crippen LogP contribution in [-0.2, 0) is 0 Å². The average Bonchev–Trinajstić information content (AvgIpc) is 2.39. The highest BCUT2D eigenvalue weighted by molar-refractivity contribution is 5.48. The smallest absolute Gasteiger partial charge is 0.133 e. The van der Waals surface area contributed by atoms with Crippen molar-refractivity contribution < 1.29 is 0 Å². The fourth-order valence-corrected chi connectivity index (χ4v) is 2.69. The molecule has 19 heavy (non-hydrogen) atoms. The lowest BCUT2D eigenvalue weighted by atomic mass is 10.1. The first-order valence-corrected chi connectivity index (χ1v) is 7.25. The van der Waals surface area contributed by atoms with Crippen LogP contribution in [0.3, 0.4) is 0 Å². The van der Waals surface area contributed by atoms with E-state index in [9.17, 15) is 0 Å². The van der Waals surface area contributed by atoms with E-state index >= 15 is 0 Å². The van der Waals surface area contributed by atoms with E-state index in [0.717, 1.165) is 43.5 Å². The third kappa shape index (κ3) is 3.67. The lowest BCUT2D eigenvalue weighted by Gasteiger charge is -2.37. The van der Waals surface area contributed by atoms with Crippen LogP contribution in [0.15, 0.2) is 18.3 Å². The SMILES string of the molecule is CC(C)CN1CCN(c2ncccc2[C@@H](C)N)CC1. The topological polar surface area (TPSA) is 45.4 Å². The van der Waals surface area contributed by atoms with Gasteiger partial charge in [0.15, 0.2) is 0 Å². The molecule has 1 fully saturated rings. The van der Waals surface area contributed by atoms with Gasteiger partial charge < -0.3 is 10.6 Å². The number of piperazine rings is 1. The average molecular weight is 262 g/mol. The molecule has 0 bridgehead atoms. The molecule has 0 aliphatic carbocycles. The minimum atomic E-state index is 0.0393. The van der Waals surface area contributed by atoms with Crippen molar-refractivity contribution >= 4 is 5.82 Å². The van der Waals surface area contributed by atoms with Crippen molar-refractivity contribution in [3.63, 3.8) is 0 Å². The predicted molar refractivity (Wildman–Crippen MR) is 80.3 cm³/mol. The van der Waals surface area contributed by atoms with Crippen LogP contribution in [0.2, 0.25) is 0 Å². The second-order valence-electron chi connectivity index (χ2n) is 5.89. The largest absolute Gasteiger partial charge is 0.354 e. The Labute approximate surface area is 116 Å². The molecule has 1 aliphatic rings. The van der Waals surface area contributed by atoms with E-state index in [1.54, 1.807) is 0 Å². The molecular formula is C15H26N4. The van der Waals surface area contributed by atoms with Gasteiger partial charge in [-0.25, -0.2) is 4.98 Å². The Hall–Kier alpha value is -1.13. The summed E-state index contributed by atoms with van der Waals surface area (Å²) in [5.74, 6) is 1.81. The first kappa shape index (κ1) is 14.3. The van der Waals surface area contributed by atoms with Gasteiger partial charge >= 0.3 is 0 Å². The maximum atomic E-state index is 6.04. The van der Waals surface area contributed by atoms with Gasteiger partial charge in [0.1, 0.15) is 5.82 Å². The summed E-state index contributed by atoms with van der Waals surface area (Å²) in [6, 6.07) is 4.10. The summed E-state index contributed by atoms with van der Waals surface area (Å²) in [5, 5.41) is 0. The summed E-state index contributed by atoms with van der Waals surface area (Å²) in [5.41, 5.74) is 7.19. The number of aromatic nitrogens is 1. The zero-order valence-corrected chi connectivity index (χ0v) is 12.3. The lowest BCUT2D eigenvalue weighted by molar-refractivity contribution is 0.230. The Bertz CT molecular complexity index is 395. The van der Waals surface area contributed by atoms with Crippen molar-refractivity contribution in [1.29, 1.82) is 0 Å². The molecule has 0 spiro atoms. The van der Waals surface area contributed by atoms with Crippen LogP contribution >= 0.6 is 0 Å². The van der Waals surface area contributed by atoms with Gasteiger partial charge in [0.25, 0.3) is 0 Å². The second-order valence-corrected chi connectivity index (χ2v) is 5.89. The molecule has 4 nitrogen and oxygen atoms in total. The Morgan fingerprint density at radius 2 is 1.89 bits per heavy atom. The molecule has 1 aromatic rings. The molecule has 1 aliphatic heterocycles. The first-order valence-electron chi connectivity index (χ1n) is 7.25. The summed E-state index contributed by atoms with van der Waals surface area (Å²) in [6.07, 6.45) is 1.86. The Morgan fingerprint density at radius 1 is 1.21 bits per heavy atom. The van der Waals surface area contributed by atoms with Crippen LogP contribution in [-0.4, -0.2) is 42.6 Å². The Morgan fingerprint density at radius 3 is 2.47 bits per heavy atom. The number of hydrogen-bond donors (Lipinski definition) is 1. The number of anilines is 1. The molecule has 4 heteroatoms. The van der Waals surface area contributed by atoms with Gasteiger partial charge in [-0.05, 0) is 18.9 Å². The highest BCUT2D eigenvalue weighted by atomic mass is 15.3. The molecule has 0 amide bonds. The van der Waals surface area contributed by atoms with Crippen molar-refractivity contribution in [2.75, 3.05) is 37.6 Å². The van der Waals surface area contributed by atoms with E-state index in [4.69, 9.17) is 5.73 Å². The van der Waals surface area contributed by atoms with Crippen LogP contribution in [0.5, 0.6) is 0 Å². The Balaban J connectivity index is 2.02. The van der Waals surface area contributed by atoms with E-state index in [1.165, 1.54) is 6.54 Å². The minimum Gasteiger partial charge on any atom is -0.354 e. The normalized spacial score (nSPS) is 18.9. The zero-order valence-electron chi connectivity index (χ0n) is 12.3. The molecule has 0 radical (unpaired) electrons. The zero-order chi connectivity index (χ0) is 13.8. The summed E-state index contributed by atoms with van der Waals surface area (Å²) < 4.78 is 0. The van der Waals surface area contributed by atoms with Gasteiger partial charge in [-0.1, -0.05) is 19.9 Å². The number of nitrogens with zero attached hydrogens (tertiary/aromatic N) is 3. The fraction of sp³-hybridized carbons (Fsp3) is 0.667. The van der Waals surface area contributed by atoms with Gasteiger partial charge in [-0.2, -0.15) is 0 Å². The summed E-state index contributed by atoms with van der Waals surface area (Å²) in [4.78, 5) is 9.44. The van der Waals surface area contributed by atoms with Crippen molar-refractivity contribution in [2.24, 2.45) is 11.7 Å². The van der Waals surface area contributed by atoms with Crippen molar-refractivity contribution in [3.05, 3.63) is 23.9 Å². The van der Waals surface area contributed by atoms with Crippen LogP contribution in [0.25, 0.3) is 0 Å². The molecule has 0 unspecified atom stereocenters. The van der Waals surface area contributed by atoms with E-state index in [2.05, 4.69) is 34.7 Å². The van der Waals surface area contributed by atoms with Crippen LogP contribution in [0.4, 0.5) is 5.82 Å². The Kier molecular flexibility index (Phi) is 4.77. The third-order valence-electron chi connectivity index (χ3n) is 3.60. The maximum absolute atomic E-state index is 6.04. The first-order chi connectivity index (χ1) is 9.08. The fourth-order valence-electron chi connectivity index (χ4n) is 2.69. The number of hydrogen-bond acceptors (Lipinski definition) is 4. The van der Waals surface area contributed by atoms with E-state index in [-0.39, 0.29) is 6.04 Å². The number of pyridine rings is 1. The number of nitrogens with two attached hydrogens (primary N) is 1. The highest BCUT2D eigenvalue weighted by Gasteiger charge is 2.21. The van der Waals surface area contributed by atoms with E-state index in [1.807, 2.05) is 19.2 Å². The van der Waals surface area contributed by atoms with Crippen LogP contribution in [0, 0.1) is 5.92 Å². The van der Waals surface area contributed by atoms with Crippen molar-refractivity contribution in [3.8, 4) is 0 Å². The van der Waals surface area contributed by atoms with Gasteiger partial charge in [0, 0.05) is 50.5 Å². The van der Waals surface area contributed by atoms with Gasteiger partial charge in [0.2, 0.25) is 0 Å². The van der Waals surface area contributed by atoms with Crippen LogP contribution in [0.1, 0.15) is 32.4 Å². The van der Waals surface area contributed by atoms with E-state index in [0.29, 0.717) is 0 Å². The molecule has 1 atom stereocenters. The van der Waals surface area contributed by atoms with Gasteiger partial charge in [0.05, 0.1) is 0 Å². The molecule has 106 valence electrons. The number of rotatable bonds is 4. The summed E-state index contributed by atoms with van der Waals surface area (Å²) in [6.45, 7) is 12.1. The van der Waals surface area contributed by atoms with Crippen LogP contribution < -0.4 is 10.6 Å². The molecule has 2 N–H and O–H groups in total. The molecule has 1 saturated heterocycles. The van der Waals surface area contributed by atoms with E-state index < -0.39 is 0 Å². The van der Waals surface area contributed by atoms with Gasteiger partial charge in [-0.3, -0.25) is 4.90 Å². The predicted octanol–water partition coefficient (Wildman–Crippen LogP) is 1.88. The third-order valence-corrected chi connectivity index (χ3v) is 3.60. The lowest BCUT2D eigenvalue weighted by Crippen LogP contribution is -2.48. The molecule has 1 aromatic heterocycles. The van der Waals surface area contributed by atoms with Crippen molar-refractivity contribution in [2.45, 2.75) is 26.8 Å². The molecule has 2 heterocycles. The second kappa shape index (κ2) is 6.35. The molecular weight excluding hydrogens is 236 g/mol. The minimum absolute atomic E-state index is 0.0393. The summed E-state index contributed by atoms with van der Waals surface area (Å²) in [7, 11) is 0. The van der Waals surface area contributed by atoms with Gasteiger partial charge in [-0.15, -0.1) is 0 Å². The molecule has 0 saturated carbocycles. The molecule has 0 aromatic carbocycles. The summed E-state index contributed by atoms with van der Waals surface area (Å²) >= 11 is 0.